The average Bonchev–Trinajstić information content (AvgIpc) is 0.802. The predicted octanol–water partition coefficient (Wildman–Crippen LogP) is 24.5. The number of nitrogens with two attached hydrogens (primary N) is 1. The zero-order chi connectivity index (χ0) is 97.9. The summed E-state index contributed by atoms with van der Waals surface area (Å²) in [5.74, 6) is 0.216. The normalized spacial score (nSPS) is 14.4. The highest BCUT2D eigenvalue weighted by Gasteiger charge is 2.31. The Morgan fingerprint density at radius 1 is 0.393 bits per heavy atom. The van der Waals surface area contributed by atoms with Gasteiger partial charge in [-0.15, -0.1) is 0 Å². The number of hydrogen-bond donors (Lipinski definition) is 3. The number of carbonyl (C=O) groups is 4. The van der Waals surface area contributed by atoms with E-state index in [9.17, 15) is 29.7 Å². The number of carbonyl (C=O) groups excluding carboxylic acids is 4. The summed E-state index contributed by atoms with van der Waals surface area (Å²) in [6.07, 6.45) is 8.70. The van der Waals surface area contributed by atoms with Crippen molar-refractivity contribution in [2.75, 3.05) is 67.5 Å². The number of likely N-dealkylation sites (tertiary alicyclic amines) is 3. The predicted molar refractivity (Wildman–Crippen MR) is 559 cm³/mol. The molecule has 1 atom stereocenters. The molecule has 0 bridgehead atoms. The maximum Gasteiger partial charge on any atom is 0.405 e. The second kappa shape index (κ2) is 57.6. The molecule has 20 nitrogen and oxygen atoms in total. The lowest BCUT2D eigenvalue weighted by Gasteiger charge is -2.40. The second-order valence-electron chi connectivity index (χ2n) is 35.8. The zero-order valence-corrected chi connectivity index (χ0v) is 85.3. The van der Waals surface area contributed by atoms with Crippen molar-refractivity contribution in [2.24, 2.45) is 5.73 Å². The van der Waals surface area contributed by atoms with Crippen LogP contribution >= 0.6 is 55.1 Å². The molecule has 0 aromatic heterocycles. The standard InChI is InChI=1S/C32H38N4O.C25H32N4O.C19H21N3.C13H18BrNO.C12H18N2.C7H4BrN.C3H4Cl2O2/c1-24(2)35(25(3)4)32(37)28-13-15-29(16-14-28)36(31-12-8-11-27(21-31)22-33)30-17-19-34(20-18-30)23-26-9-6-5-7-10-26;1-18(2)28(19(3)4)25(30)21-8-10-22(11-9-21)29(23-12-14-27-15-13-23)24-7-5-6-20(16-24)17-26;20-14-17-7-4-8-19(13-17)21-18-9-11-22(12-10-18)15-16-5-2-1-3-6-16;1-9(2)15(10(3)4)13(16)11-5-7-12(14)8-6-11;13-12-6-8-14(9-7-12)10-11-4-2-1-3-5-11;8-7-3-1-2-6(4-7)5-9;1-2(4)7-3(5)6/h5-16,21,24-25,30H,17-20,23H2,1-4H3;5-11,16,18-19,23,27H,12-15H2,1-4H3;1-8,13,18,21H,9-12,15H2;5-10H,1-4H3;1-5,12H,6-10,13H2;1-4H;2H,1H3. The maximum absolute atomic E-state index is 13.2. The van der Waals surface area contributed by atoms with Crippen molar-refractivity contribution < 1.29 is 23.9 Å². The van der Waals surface area contributed by atoms with Crippen LogP contribution in [0.4, 0.5) is 33.2 Å². The molecule has 0 aliphatic carbocycles. The monoisotopic (exact) mass is 1990 g/mol. The molecule has 4 fully saturated rings. The summed E-state index contributed by atoms with van der Waals surface area (Å²) < 4.78 is 6.08. The van der Waals surface area contributed by atoms with Crippen molar-refractivity contribution in [1.29, 1.82) is 21.0 Å². The van der Waals surface area contributed by atoms with E-state index in [0.717, 1.165) is 166 Å². The van der Waals surface area contributed by atoms with Gasteiger partial charge in [-0.3, -0.25) is 29.1 Å². The van der Waals surface area contributed by atoms with Crippen LogP contribution in [0.25, 0.3) is 0 Å². The highest BCUT2D eigenvalue weighted by Crippen LogP contribution is 2.36. The number of halogens is 4. The number of alkyl halides is 1. The van der Waals surface area contributed by atoms with E-state index < -0.39 is 11.0 Å². The summed E-state index contributed by atoms with van der Waals surface area (Å²) in [5, 5.41) is 43.2. The fourth-order valence-corrected chi connectivity index (χ4v) is 18.2. The largest absolute Gasteiger partial charge is 0.434 e. The molecule has 14 rings (SSSR count). The Kier molecular flexibility index (Phi) is 46.6. The van der Waals surface area contributed by atoms with Crippen LogP contribution in [0, 0.1) is 45.3 Å². The van der Waals surface area contributed by atoms with E-state index >= 15 is 0 Å². The molecule has 4 aliphatic heterocycles. The minimum absolute atomic E-state index is 0.0591. The van der Waals surface area contributed by atoms with Crippen LogP contribution in [-0.4, -0.2) is 171 Å². The van der Waals surface area contributed by atoms with Gasteiger partial charge in [0.1, 0.15) is 0 Å². The Hall–Kier alpha value is -11.2. The lowest BCUT2D eigenvalue weighted by atomic mass is 9.99. The Morgan fingerprint density at radius 3 is 1.04 bits per heavy atom. The van der Waals surface area contributed by atoms with Gasteiger partial charge in [-0.2, -0.15) is 21.0 Å². The van der Waals surface area contributed by atoms with Crippen molar-refractivity contribution in [3.63, 3.8) is 0 Å². The second-order valence-corrected chi connectivity index (χ2v) is 38.6. The Bertz CT molecular complexity index is 5380. The third kappa shape index (κ3) is 36.7. The smallest absolute Gasteiger partial charge is 0.405 e. The quantitative estimate of drug-likeness (QED) is 0.0376. The van der Waals surface area contributed by atoms with Gasteiger partial charge >= 0.3 is 5.43 Å². The van der Waals surface area contributed by atoms with Gasteiger partial charge in [0.05, 0.1) is 46.5 Å². The molecule has 4 N–H and O–H groups in total. The topological polar surface area (TPSA) is 249 Å². The van der Waals surface area contributed by atoms with Gasteiger partial charge in [0.25, 0.3) is 17.7 Å². The van der Waals surface area contributed by atoms with Crippen LogP contribution < -0.4 is 26.2 Å². The molecule has 0 radical (unpaired) electrons. The molecular formula is C111H135Br2Cl2N15O5. The number of ether oxygens (including phenoxy) is 1. The van der Waals surface area contributed by atoms with Crippen molar-refractivity contribution in [3.8, 4) is 24.3 Å². The van der Waals surface area contributed by atoms with Crippen molar-refractivity contribution in [3.05, 3.63) is 325 Å². The molecule has 10 aromatic carbocycles. The van der Waals surface area contributed by atoms with Gasteiger partial charge in [-0.05, 0) is 330 Å². The molecule has 0 saturated carbocycles. The molecule has 712 valence electrons. The number of rotatable bonds is 24. The highest BCUT2D eigenvalue weighted by molar-refractivity contribution is 9.10. The van der Waals surface area contributed by atoms with E-state index in [4.69, 9.17) is 39.5 Å². The summed E-state index contributed by atoms with van der Waals surface area (Å²) in [6.45, 7) is 37.7. The van der Waals surface area contributed by atoms with Gasteiger partial charge in [-0.1, -0.05) is 159 Å². The number of nitrogens with one attached hydrogen (secondary N) is 2. The lowest BCUT2D eigenvalue weighted by molar-refractivity contribution is 0.0634. The Morgan fingerprint density at radius 2 is 0.711 bits per heavy atom. The van der Waals surface area contributed by atoms with Gasteiger partial charge in [0, 0.05) is 172 Å². The first-order valence-corrected chi connectivity index (χ1v) is 49.5. The number of piperidine rings is 4. The zero-order valence-electron chi connectivity index (χ0n) is 80.6. The summed E-state index contributed by atoms with van der Waals surface area (Å²) in [6, 6.07) is 97.4. The van der Waals surface area contributed by atoms with Crippen LogP contribution in [-0.2, 0) is 24.4 Å². The van der Waals surface area contributed by atoms with Crippen molar-refractivity contribution in [2.45, 2.75) is 227 Å². The summed E-state index contributed by atoms with van der Waals surface area (Å²) in [4.78, 5) is 66.1. The third-order valence-corrected chi connectivity index (χ3v) is 24.8. The van der Waals surface area contributed by atoms with E-state index in [1.807, 2.05) is 210 Å². The van der Waals surface area contributed by atoms with Gasteiger partial charge in [0.15, 0.2) is 5.56 Å². The third-order valence-electron chi connectivity index (χ3n) is 23.6. The van der Waals surface area contributed by atoms with Crippen LogP contribution in [0.5, 0.6) is 0 Å². The van der Waals surface area contributed by atoms with E-state index in [1.54, 1.807) is 12.1 Å². The summed E-state index contributed by atoms with van der Waals surface area (Å²) in [5.41, 5.74) is 18.5. The van der Waals surface area contributed by atoms with Crippen LogP contribution in [0.2, 0.25) is 0 Å². The molecule has 24 heteroatoms. The molecule has 0 spiro atoms. The Balaban J connectivity index is 0.000000205. The maximum atomic E-state index is 13.2. The van der Waals surface area contributed by atoms with Gasteiger partial charge in [-0.25, -0.2) is 4.79 Å². The number of amides is 3. The molecule has 10 aromatic rings. The minimum Gasteiger partial charge on any atom is -0.434 e. The lowest BCUT2D eigenvalue weighted by Crippen LogP contribution is -2.43. The van der Waals surface area contributed by atoms with Crippen molar-refractivity contribution >= 4 is 107 Å². The number of nitrogens with zero attached hydrogens (tertiary/aromatic N) is 12. The number of anilines is 5. The first kappa shape index (κ1) is 109. The minimum atomic E-state index is -0.873. The SMILES string of the molecule is CC(C)N(C(=O)c1ccc(Br)cc1)C(C)C.CC(C)N(C(=O)c1ccc(N(c2cccc(C#N)c2)C2CCN(Cc3ccccc3)CC2)cc1)C(C)C.CC(C)N(C(=O)c1ccc(N(c2cccc(C#N)c2)C2CCNCC2)cc1)C(C)C.CC(Cl)OC(=O)Cl.N#Cc1cccc(Br)c1.N#Cc1cccc(NC2CCN(Cc3ccccc3)CC2)c1.NC1CCN(Cc2ccccc2)CC1. The molecule has 4 heterocycles. The van der Waals surface area contributed by atoms with Crippen molar-refractivity contribution in [1.82, 2.24) is 34.7 Å². The number of hydrogen-bond acceptors (Lipinski definition) is 17. The molecule has 1 unspecified atom stereocenters. The summed E-state index contributed by atoms with van der Waals surface area (Å²) in [7, 11) is 0. The number of nitriles is 4. The first-order chi connectivity index (χ1) is 64.8. The fraction of sp³-hybridized carbons (Fsp3) is 0.387. The number of benzene rings is 10. The Labute approximate surface area is 830 Å². The van der Waals surface area contributed by atoms with E-state index in [2.05, 4.69) is 233 Å². The molecule has 4 saturated heterocycles. The van der Waals surface area contributed by atoms with E-state index in [1.165, 1.54) is 23.6 Å². The van der Waals surface area contributed by atoms with E-state index in [0.29, 0.717) is 57.5 Å². The molecular weight excluding hydrogens is 1850 g/mol. The van der Waals surface area contributed by atoms with Crippen LogP contribution in [0.15, 0.2) is 270 Å². The van der Waals surface area contributed by atoms with Crippen LogP contribution in [0.1, 0.15) is 211 Å². The molecule has 135 heavy (non-hydrogen) atoms. The molecule has 3 amide bonds. The summed E-state index contributed by atoms with van der Waals surface area (Å²) >= 11 is 16.5. The average molecular weight is 1990 g/mol. The van der Waals surface area contributed by atoms with E-state index in [-0.39, 0.29) is 54.0 Å². The van der Waals surface area contributed by atoms with Crippen LogP contribution in [0.3, 0.4) is 0 Å². The van der Waals surface area contributed by atoms with Gasteiger partial charge in [0.2, 0.25) is 0 Å². The first-order valence-electron chi connectivity index (χ1n) is 47.1. The highest BCUT2D eigenvalue weighted by atomic mass is 79.9. The van der Waals surface area contributed by atoms with Gasteiger partial charge < -0.3 is 45.6 Å². The molecule has 4 aliphatic rings. The fourth-order valence-electron chi connectivity index (χ4n) is 17.2.